The second kappa shape index (κ2) is 11.6. The molecule has 1 N–H and O–H groups in total. The van der Waals surface area contributed by atoms with Crippen LogP contribution in [0.15, 0.2) is 0 Å². The van der Waals surface area contributed by atoms with Gasteiger partial charge in [-0.15, -0.1) is 5.92 Å². The first-order valence-corrected chi connectivity index (χ1v) is 6.43. The van der Waals surface area contributed by atoms with Gasteiger partial charge in [0, 0.05) is 6.42 Å². The molecule has 0 aromatic rings. The molecule has 0 radical (unpaired) electrons. The Morgan fingerprint density at radius 2 is 1.47 bits per heavy atom. The minimum atomic E-state index is -0.459. The fraction of sp³-hybridized carbons (Fsp3) is 0.857. The molecule has 0 spiro atoms. The first-order chi connectivity index (χ1) is 7.27. The molecule has 0 rings (SSSR count). The molecule has 1 atom stereocenters. The summed E-state index contributed by atoms with van der Waals surface area (Å²) >= 11 is 0. The summed E-state index contributed by atoms with van der Waals surface area (Å²) in [7, 11) is 0. The number of rotatable bonds is 8. The van der Waals surface area contributed by atoms with Crippen molar-refractivity contribution in [2.75, 3.05) is 0 Å². The van der Waals surface area contributed by atoms with Gasteiger partial charge in [-0.3, -0.25) is 0 Å². The lowest BCUT2D eigenvalue weighted by Gasteiger charge is -1.99. The van der Waals surface area contributed by atoms with E-state index in [9.17, 15) is 0 Å². The molecule has 0 aliphatic carbocycles. The standard InChI is InChI=1S/C14H26O/c1-3-4-5-6-7-8-9-10-11-12-13-14(2)15/h14-15H,3-11H2,1-2H3. The van der Waals surface area contributed by atoms with Crippen LogP contribution in [0, 0.1) is 11.8 Å². The smallest absolute Gasteiger partial charge is 0.111 e. The van der Waals surface area contributed by atoms with Gasteiger partial charge in [0.25, 0.3) is 0 Å². The zero-order valence-corrected chi connectivity index (χ0v) is 10.4. The molecular weight excluding hydrogens is 184 g/mol. The third-order valence-corrected chi connectivity index (χ3v) is 2.47. The molecule has 0 amide bonds. The zero-order valence-electron chi connectivity index (χ0n) is 10.4. The summed E-state index contributed by atoms with van der Waals surface area (Å²) < 4.78 is 0. The Kier molecular flexibility index (Phi) is 11.2. The van der Waals surface area contributed by atoms with E-state index in [1.54, 1.807) is 6.92 Å². The maximum atomic E-state index is 8.90. The molecule has 0 fully saturated rings. The van der Waals surface area contributed by atoms with Crippen LogP contribution in [0.3, 0.4) is 0 Å². The molecule has 0 saturated heterocycles. The fourth-order valence-corrected chi connectivity index (χ4v) is 1.57. The predicted molar refractivity (Wildman–Crippen MR) is 66.7 cm³/mol. The molecule has 0 aromatic heterocycles. The Balaban J connectivity index is 3.03. The van der Waals surface area contributed by atoms with Crippen molar-refractivity contribution < 1.29 is 5.11 Å². The second-order valence-electron chi connectivity index (χ2n) is 4.22. The van der Waals surface area contributed by atoms with Crippen molar-refractivity contribution >= 4 is 0 Å². The Morgan fingerprint density at radius 1 is 0.933 bits per heavy atom. The van der Waals surface area contributed by atoms with E-state index in [2.05, 4.69) is 18.8 Å². The predicted octanol–water partition coefficient (Wildman–Crippen LogP) is 3.90. The van der Waals surface area contributed by atoms with Crippen molar-refractivity contribution in [2.45, 2.75) is 77.7 Å². The SMILES string of the molecule is CCCCCCCCCCC#CC(C)O. The van der Waals surface area contributed by atoms with E-state index in [1.165, 1.54) is 51.4 Å². The second-order valence-corrected chi connectivity index (χ2v) is 4.22. The lowest BCUT2D eigenvalue weighted by molar-refractivity contribution is 0.253. The van der Waals surface area contributed by atoms with E-state index in [0.717, 1.165) is 6.42 Å². The van der Waals surface area contributed by atoms with E-state index < -0.39 is 6.10 Å². The summed E-state index contributed by atoms with van der Waals surface area (Å²) in [5.74, 6) is 5.77. The van der Waals surface area contributed by atoms with Gasteiger partial charge in [0.1, 0.15) is 6.10 Å². The molecule has 1 unspecified atom stereocenters. The van der Waals surface area contributed by atoms with Crippen molar-refractivity contribution in [3.8, 4) is 11.8 Å². The average Bonchev–Trinajstić information content (AvgIpc) is 2.20. The summed E-state index contributed by atoms with van der Waals surface area (Å²) in [6.07, 6.45) is 11.2. The van der Waals surface area contributed by atoms with E-state index in [1.807, 2.05) is 0 Å². The highest BCUT2D eigenvalue weighted by atomic mass is 16.3. The maximum absolute atomic E-state index is 8.90. The van der Waals surface area contributed by atoms with Crippen LogP contribution in [-0.4, -0.2) is 11.2 Å². The molecule has 0 aliphatic heterocycles. The summed E-state index contributed by atoms with van der Waals surface area (Å²) in [6, 6.07) is 0. The molecule has 0 saturated carbocycles. The molecule has 1 nitrogen and oxygen atoms in total. The fourth-order valence-electron chi connectivity index (χ4n) is 1.57. The summed E-state index contributed by atoms with van der Waals surface area (Å²) in [5.41, 5.74) is 0. The van der Waals surface area contributed by atoms with Gasteiger partial charge >= 0.3 is 0 Å². The summed E-state index contributed by atoms with van der Waals surface area (Å²) in [5, 5.41) is 8.90. The Bertz CT molecular complexity index is 174. The Morgan fingerprint density at radius 3 is 2.00 bits per heavy atom. The highest BCUT2D eigenvalue weighted by Gasteiger charge is 1.90. The topological polar surface area (TPSA) is 20.2 Å². The van der Waals surface area contributed by atoms with E-state index in [0.29, 0.717) is 0 Å². The van der Waals surface area contributed by atoms with Crippen LogP contribution in [0.4, 0.5) is 0 Å². The third kappa shape index (κ3) is 13.5. The van der Waals surface area contributed by atoms with Gasteiger partial charge in [0.15, 0.2) is 0 Å². The molecule has 0 aromatic carbocycles. The van der Waals surface area contributed by atoms with Gasteiger partial charge in [-0.2, -0.15) is 0 Å². The number of hydrogen-bond donors (Lipinski definition) is 1. The van der Waals surface area contributed by atoms with E-state index in [-0.39, 0.29) is 0 Å². The molecule has 0 heterocycles. The molecule has 0 bridgehead atoms. The first-order valence-electron chi connectivity index (χ1n) is 6.43. The van der Waals surface area contributed by atoms with Crippen molar-refractivity contribution in [2.24, 2.45) is 0 Å². The molecular formula is C14H26O. The first kappa shape index (κ1) is 14.5. The van der Waals surface area contributed by atoms with Crippen LogP contribution in [-0.2, 0) is 0 Å². The minimum absolute atomic E-state index is 0.459. The zero-order chi connectivity index (χ0) is 11.4. The highest BCUT2D eigenvalue weighted by molar-refractivity contribution is 5.02. The van der Waals surface area contributed by atoms with Crippen LogP contribution in [0.25, 0.3) is 0 Å². The van der Waals surface area contributed by atoms with Gasteiger partial charge in [-0.05, 0) is 13.3 Å². The Hall–Kier alpha value is -0.480. The molecule has 0 aliphatic rings. The van der Waals surface area contributed by atoms with Crippen molar-refractivity contribution in [3.05, 3.63) is 0 Å². The van der Waals surface area contributed by atoms with Crippen molar-refractivity contribution in [3.63, 3.8) is 0 Å². The molecule has 1 heteroatoms. The number of unbranched alkanes of at least 4 members (excludes halogenated alkanes) is 8. The van der Waals surface area contributed by atoms with Crippen molar-refractivity contribution in [1.82, 2.24) is 0 Å². The quantitative estimate of drug-likeness (QED) is 0.476. The third-order valence-electron chi connectivity index (χ3n) is 2.47. The van der Waals surface area contributed by atoms with Gasteiger partial charge in [0.05, 0.1) is 0 Å². The van der Waals surface area contributed by atoms with Crippen LogP contribution in [0.1, 0.15) is 71.6 Å². The monoisotopic (exact) mass is 210 g/mol. The van der Waals surface area contributed by atoms with Crippen molar-refractivity contribution in [1.29, 1.82) is 0 Å². The van der Waals surface area contributed by atoms with Gasteiger partial charge in [-0.1, -0.05) is 57.8 Å². The maximum Gasteiger partial charge on any atom is 0.111 e. The largest absolute Gasteiger partial charge is 0.381 e. The summed E-state index contributed by atoms with van der Waals surface area (Å²) in [4.78, 5) is 0. The average molecular weight is 210 g/mol. The molecule has 15 heavy (non-hydrogen) atoms. The van der Waals surface area contributed by atoms with Gasteiger partial charge in [-0.25, -0.2) is 0 Å². The number of aliphatic hydroxyl groups excluding tert-OH is 1. The summed E-state index contributed by atoms with van der Waals surface area (Å²) in [6.45, 7) is 3.96. The minimum Gasteiger partial charge on any atom is -0.381 e. The lowest BCUT2D eigenvalue weighted by atomic mass is 10.1. The van der Waals surface area contributed by atoms with Crippen LogP contribution in [0.5, 0.6) is 0 Å². The normalized spacial score (nSPS) is 11.9. The number of aliphatic hydroxyl groups is 1. The molecule has 88 valence electrons. The Labute approximate surface area is 95.3 Å². The number of hydrogen-bond acceptors (Lipinski definition) is 1. The van der Waals surface area contributed by atoms with Gasteiger partial charge < -0.3 is 5.11 Å². The van der Waals surface area contributed by atoms with E-state index in [4.69, 9.17) is 5.11 Å². The highest BCUT2D eigenvalue weighted by Crippen LogP contribution is 2.08. The lowest BCUT2D eigenvalue weighted by Crippen LogP contribution is -1.92. The van der Waals surface area contributed by atoms with E-state index >= 15 is 0 Å². The van der Waals surface area contributed by atoms with Crippen LogP contribution < -0.4 is 0 Å². The van der Waals surface area contributed by atoms with Crippen LogP contribution in [0.2, 0.25) is 0 Å². The van der Waals surface area contributed by atoms with Gasteiger partial charge in [0.2, 0.25) is 0 Å². The van der Waals surface area contributed by atoms with Crippen LogP contribution >= 0.6 is 0 Å².